The first-order valence-electron chi connectivity index (χ1n) is 23.7. The second-order valence-electron chi connectivity index (χ2n) is 16.5. The zero-order valence-corrected chi connectivity index (χ0v) is 34.9. The lowest BCUT2D eigenvalue weighted by molar-refractivity contribution is -0.127. The quantitative estimate of drug-likeness (QED) is 0.0360. The summed E-state index contributed by atoms with van der Waals surface area (Å²) in [6, 6.07) is 0. The number of hydrogen-bond acceptors (Lipinski definition) is 2. The van der Waals surface area contributed by atoms with Gasteiger partial charge in [-0.3, -0.25) is 4.79 Å². The second kappa shape index (κ2) is 44.5. The molecule has 0 heterocycles. The largest absolute Gasteiger partial charge is 0.303 e. The number of carbonyl (C=O) groups excluding carboxylic acids is 2. The Morgan fingerprint density at radius 3 is 0.740 bits per heavy atom. The van der Waals surface area contributed by atoms with Crippen LogP contribution in [-0.4, -0.2) is 12.1 Å². The van der Waals surface area contributed by atoms with Gasteiger partial charge in [0.05, 0.1) is 5.92 Å². The van der Waals surface area contributed by atoms with Gasteiger partial charge < -0.3 is 4.79 Å². The van der Waals surface area contributed by atoms with Gasteiger partial charge >= 0.3 is 0 Å². The maximum Gasteiger partial charge on any atom is 0.143 e. The summed E-state index contributed by atoms with van der Waals surface area (Å²) < 4.78 is 0. The van der Waals surface area contributed by atoms with Crippen molar-refractivity contribution in [2.24, 2.45) is 5.92 Å². The Morgan fingerprint density at radius 1 is 0.320 bits per heavy atom. The maximum absolute atomic E-state index is 12.6. The lowest BCUT2D eigenvalue weighted by Crippen LogP contribution is -2.15. The van der Waals surface area contributed by atoms with Crippen molar-refractivity contribution in [1.29, 1.82) is 0 Å². The van der Waals surface area contributed by atoms with E-state index in [1.54, 1.807) is 0 Å². The number of unbranched alkanes of at least 4 members (excludes halogenated alkanes) is 39. The molecule has 0 aromatic heterocycles. The molecular formula is C48H94O2. The van der Waals surface area contributed by atoms with E-state index in [2.05, 4.69) is 13.8 Å². The molecule has 2 nitrogen and oxygen atoms in total. The van der Waals surface area contributed by atoms with E-state index in [0.717, 1.165) is 32.0 Å². The van der Waals surface area contributed by atoms with Crippen molar-refractivity contribution >= 4 is 12.1 Å². The van der Waals surface area contributed by atoms with E-state index in [9.17, 15) is 9.59 Å². The highest BCUT2D eigenvalue weighted by atomic mass is 16.1. The smallest absolute Gasteiger partial charge is 0.143 e. The van der Waals surface area contributed by atoms with E-state index in [1.165, 1.54) is 244 Å². The third-order valence-corrected chi connectivity index (χ3v) is 11.5. The number of ketones is 1. The Morgan fingerprint density at radius 2 is 0.520 bits per heavy atom. The molecule has 0 N–H and O–H groups in total. The van der Waals surface area contributed by atoms with Crippen LogP contribution in [0.4, 0.5) is 0 Å². The van der Waals surface area contributed by atoms with Crippen LogP contribution < -0.4 is 0 Å². The molecule has 1 unspecified atom stereocenters. The van der Waals surface area contributed by atoms with Crippen molar-refractivity contribution in [2.75, 3.05) is 0 Å². The van der Waals surface area contributed by atoms with Gasteiger partial charge in [0.15, 0.2) is 0 Å². The van der Waals surface area contributed by atoms with Crippen LogP contribution >= 0.6 is 0 Å². The van der Waals surface area contributed by atoms with Gasteiger partial charge in [0.25, 0.3) is 0 Å². The van der Waals surface area contributed by atoms with E-state index in [-0.39, 0.29) is 11.7 Å². The number of aldehydes is 1. The normalized spacial score (nSPS) is 12.1. The van der Waals surface area contributed by atoms with E-state index in [0.29, 0.717) is 6.42 Å². The summed E-state index contributed by atoms with van der Waals surface area (Å²) in [5, 5.41) is 0. The van der Waals surface area contributed by atoms with E-state index in [4.69, 9.17) is 0 Å². The van der Waals surface area contributed by atoms with Crippen molar-refractivity contribution < 1.29 is 9.59 Å². The lowest BCUT2D eigenvalue weighted by Gasteiger charge is -2.09. The Kier molecular flexibility index (Phi) is 43.9. The fraction of sp³-hybridized carbons (Fsp3) is 0.958. The topological polar surface area (TPSA) is 34.1 Å². The molecule has 0 saturated heterocycles. The van der Waals surface area contributed by atoms with Crippen molar-refractivity contribution in [3.8, 4) is 0 Å². The zero-order valence-electron chi connectivity index (χ0n) is 34.9. The summed E-state index contributed by atoms with van der Waals surface area (Å²) in [5.41, 5.74) is 0. The summed E-state index contributed by atoms with van der Waals surface area (Å²) in [4.78, 5) is 24.1. The summed E-state index contributed by atoms with van der Waals surface area (Å²) in [6.45, 7) is 4.59. The minimum atomic E-state index is -0.337. The van der Waals surface area contributed by atoms with Crippen LogP contribution in [-0.2, 0) is 9.59 Å². The lowest BCUT2D eigenvalue weighted by atomic mass is 9.94. The molecule has 0 radical (unpaired) electrons. The number of carbonyl (C=O) groups is 2. The van der Waals surface area contributed by atoms with Gasteiger partial charge in [-0.25, -0.2) is 0 Å². The molecule has 0 aliphatic heterocycles. The van der Waals surface area contributed by atoms with Gasteiger partial charge in [-0.2, -0.15) is 0 Å². The molecular weight excluding hydrogens is 609 g/mol. The monoisotopic (exact) mass is 703 g/mol. The molecule has 298 valence electrons. The average molecular weight is 703 g/mol. The van der Waals surface area contributed by atoms with Crippen molar-refractivity contribution in [3.63, 3.8) is 0 Å². The molecule has 0 aliphatic rings. The van der Waals surface area contributed by atoms with Crippen molar-refractivity contribution in [1.82, 2.24) is 0 Å². The molecule has 0 aliphatic carbocycles. The molecule has 0 saturated carbocycles. The summed E-state index contributed by atoms with van der Waals surface area (Å²) in [7, 11) is 0. The molecule has 0 aromatic rings. The fourth-order valence-electron chi connectivity index (χ4n) is 7.84. The average Bonchev–Trinajstić information content (AvgIpc) is 3.12. The second-order valence-corrected chi connectivity index (χ2v) is 16.5. The van der Waals surface area contributed by atoms with Crippen LogP contribution in [0.25, 0.3) is 0 Å². The van der Waals surface area contributed by atoms with Crippen LogP contribution in [0, 0.1) is 5.92 Å². The molecule has 0 rings (SSSR count). The zero-order chi connectivity index (χ0) is 36.3. The van der Waals surface area contributed by atoms with E-state index >= 15 is 0 Å². The SMILES string of the molecule is CCCCCCCCCCCCCCCCCCCCCCCC(=O)C(C=O)CCCCCCCCCCCCCCCCCCCCCC. The predicted molar refractivity (Wildman–Crippen MR) is 224 cm³/mol. The Labute approximate surface area is 316 Å². The molecule has 0 spiro atoms. The van der Waals surface area contributed by atoms with Gasteiger partial charge in [0, 0.05) is 6.42 Å². The van der Waals surface area contributed by atoms with Crippen LogP contribution in [0.2, 0.25) is 0 Å². The van der Waals surface area contributed by atoms with Crippen LogP contribution in [0.15, 0.2) is 0 Å². The fourth-order valence-corrected chi connectivity index (χ4v) is 7.84. The molecule has 0 bridgehead atoms. The Hall–Kier alpha value is -0.660. The first kappa shape index (κ1) is 49.3. The highest BCUT2D eigenvalue weighted by Gasteiger charge is 2.16. The molecule has 50 heavy (non-hydrogen) atoms. The highest BCUT2D eigenvalue weighted by molar-refractivity contribution is 5.93. The van der Waals surface area contributed by atoms with Crippen molar-refractivity contribution in [2.45, 2.75) is 290 Å². The predicted octanol–water partition coefficient (Wildman–Crippen LogP) is 17.2. The molecule has 0 fully saturated rings. The first-order chi connectivity index (χ1) is 24.8. The van der Waals surface area contributed by atoms with Crippen LogP contribution in [0.1, 0.15) is 290 Å². The molecule has 0 aromatic carbocycles. The number of hydrogen-bond donors (Lipinski definition) is 0. The van der Waals surface area contributed by atoms with Gasteiger partial charge in [-0.1, -0.05) is 271 Å². The van der Waals surface area contributed by atoms with Gasteiger partial charge in [0.2, 0.25) is 0 Å². The molecule has 0 amide bonds. The van der Waals surface area contributed by atoms with Gasteiger partial charge in [-0.15, -0.1) is 0 Å². The number of rotatable bonds is 45. The van der Waals surface area contributed by atoms with Crippen molar-refractivity contribution in [3.05, 3.63) is 0 Å². The molecule has 1 atom stereocenters. The minimum absolute atomic E-state index is 0.204. The van der Waals surface area contributed by atoms with E-state index < -0.39 is 0 Å². The maximum atomic E-state index is 12.6. The van der Waals surface area contributed by atoms with Gasteiger partial charge in [-0.05, 0) is 12.8 Å². The number of Topliss-reactive ketones (excluding diaryl/α,β-unsaturated/α-hetero) is 1. The highest BCUT2D eigenvalue weighted by Crippen LogP contribution is 2.19. The third kappa shape index (κ3) is 40.1. The first-order valence-corrected chi connectivity index (χ1v) is 23.7. The van der Waals surface area contributed by atoms with Crippen LogP contribution in [0.3, 0.4) is 0 Å². The van der Waals surface area contributed by atoms with E-state index in [1.807, 2.05) is 0 Å². The Bertz CT molecular complexity index is 642. The summed E-state index contributed by atoms with van der Waals surface area (Å²) >= 11 is 0. The summed E-state index contributed by atoms with van der Waals surface area (Å²) in [5.74, 6) is -0.133. The van der Waals surface area contributed by atoms with Crippen LogP contribution in [0.5, 0.6) is 0 Å². The third-order valence-electron chi connectivity index (χ3n) is 11.5. The Balaban J connectivity index is 3.34. The molecule has 2 heteroatoms. The minimum Gasteiger partial charge on any atom is -0.303 e. The van der Waals surface area contributed by atoms with Gasteiger partial charge in [0.1, 0.15) is 12.1 Å². The summed E-state index contributed by atoms with van der Waals surface area (Å²) in [6.07, 6.45) is 58.9. The standard InChI is InChI=1S/C48H94O2/c1-3-5-7-9-11-13-15-17-19-21-23-25-27-29-31-33-35-37-39-41-43-45-48(50)47(46-49)44-42-40-38-36-34-32-30-28-26-24-22-20-18-16-14-12-10-8-6-4-2/h46-47H,3-45H2,1-2H3.